The SMILES string of the molecule is Cc1ccc(C(=O)CC2(O)C(=O)N(C(C)C)c3ccccc32)c(C)c1. The largest absolute Gasteiger partial charge is 0.375 e. The van der Waals surface area contributed by atoms with Gasteiger partial charge in [-0.2, -0.15) is 0 Å². The molecule has 0 bridgehead atoms. The van der Waals surface area contributed by atoms with Crippen LogP contribution in [-0.4, -0.2) is 22.8 Å². The first-order valence-corrected chi connectivity index (χ1v) is 8.51. The Balaban J connectivity index is 2.01. The average molecular weight is 337 g/mol. The van der Waals surface area contributed by atoms with Gasteiger partial charge >= 0.3 is 0 Å². The molecule has 0 spiro atoms. The van der Waals surface area contributed by atoms with Crippen molar-refractivity contribution >= 4 is 17.4 Å². The lowest BCUT2D eigenvalue weighted by molar-refractivity contribution is -0.136. The molecule has 0 radical (unpaired) electrons. The highest BCUT2D eigenvalue weighted by Crippen LogP contribution is 2.43. The normalized spacial score (nSPS) is 19.4. The van der Waals surface area contributed by atoms with Crippen molar-refractivity contribution in [2.24, 2.45) is 0 Å². The van der Waals surface area contributed by atoms with Crippen LogP contribution in [0.1, 0.15) is 47.3 Å². The standard InChI is InChI=1S/C21H23NO3/c1-13(2)22-18-8-6-5-7-17(18)21(25,20(22)24)12-19(23)16-10-9-14(3)11-15(16)4/h5-11,13,25H,12H2,1-4H3. The highest BCUT2D eigenvalue weighted by molar-refractivity contribution is 6.11. The van der Waals surface area contributed by atoms with E-state index in [0.29, 0.717) is 16.8 Å². The summed E-state index contributed by atoms with van der Waals surface area (Å²) >= 11 is 0. The van der Waals surface area contributed by atoms with Crippen molar-refractivity contribution in [1.82, 2.24) is 0 Å². The number of nitrogens with zero attached hydrogens (tertiary/aromatic N) is 1. The van der Waals surface area contributed by atoms with Gasteiger partial charge in [-0.1, -0.05) is 42.0 Å². The Hall–Kier alpha value is -2.46. The lowest BCUT2D eigenvalue weighted by atomic mass is 9.87. The molecule has 0 aromatic heterocycles. The van der Waals surface area contributed by atoms with E-state index in [-0.39, 0.29) is 18.2 Å². The van der Waals surface area contributed by atoms with Gasteiger partial charge in [0.15, 0.2) is 11.4 Å². The first kappa shape index (κ1) is 17.4. The first-order chi connectivity index (χ1) is 11.8. The van der Waals surface area contributed by atoms with Crippen LogP contribution in [0.15, 0.2) is 42.5 Å². The van der Waals surface area contributed by atoms with Gasteiger partial charge in [-0.15, -0.1) is 0 Å². The molecule has 0 saturated heterocycles. The third-order valence-corrected chi connectivity index (χ3v) is 4.80. The summed E-state index contributed by atoms with van der Waals surface area (Å²) in [4.78, 5) is 27.4. The van der Waals surface area contributed by atoms with Gasteiger partial charge in [0.05, 0.1) is 12.1 Å². The third kappa shape index (κ3) is 2.76. The molecule has 1 aliphatic rings. The van der Waals surface area contributed by atoms with Crippen molar-refractivity contribution < 1.29 is 14.7 Å². The molecule has 1 N–H and O–H groups in total. The molecule has 130 valence electrons. The summed E-state index contributed by atoms with van der Waals surface area (Å²) in [6.45, 7) is 7.62. The number of ketones is 1. The monoisotopic (exact) mass is 337 g/mol. The molecule has 1 aliphatic heterocycles. The van der Waals surface area contributed by atoms with E-state index in [0.717, 1.165) is 11.1 Å². The molecule has 0 fully saturated rings. The van der Waals surface area contributed by atoms with Crippen LogP contribution >= 0.6 is 0 Å². The molecule has 4 heteroatoms. The molecule has 0 saturated carbocycles. The molecule has 4 nitrogen and oxygen atoms in total. The second-order valence-electron chi connectivity index (χ2n) is 7.06. The Morgan fingerprint density at radius 1 is 1.16 bits per heavy atom. The number of Topliss-reactive ketones (excluding diaryl/α,β-unsaturated/α-hetero) is 1. The van der Waals surface area contributed by atoms with E-state index in [1.165, 1.54) is 0 Å². The summed E-state index contributed by atoms with van der Waals surface area (Å²) in [5, 5.41) is 11.2. The molecule has 2 aromatic rings. The number of aryl methyl sites for hydroxylation is 2. The van der Waals surface area contributed by atoms with Gasteiger partial charge in [0.2, 0.25) is 0 Å². The van der Waals surface area contributed by atoms with Crippen molar-refractivity contribution in [2.75, 3.05) is 4.90 Å². The summed E-state index contributed by atoms with van der Waals surface area (Å²) in [6, 6.07) is 12.6. The number of fused-ring (bicyclic) bond motifs is 1. The smallest absolute Gasteiger partial charge is 0.264 e. The number of anilines is 1. The number of benzene rings is 2. The molecule has 3 rings (SSSR count). The zero-order chi connectivity index (χ0) is 18.4. The van der Waals surface area contributed by atoms with E-state index in [1.54, 1.807) is 23.1 Å². The van der Waals surface area contributed by atoms with Crippen LogP contribution in [0.5, 0.6) is 0 Å². The van der Waals surface area contributed by atoms with E-state index in [9.17, 15) is 14.7 Å². The maximum absolute atomic E-state index is 13.0. The number of carbonyl (C=O) groups is 2. The van der Waals surface area contributed by atoms with Crippen LogP contribution in [0.2, 0.25) is 0 Å². The van der Waals surface area contributed by atoms with Crippen molar-refractivity contribution in [3.63, 3.8) is 0 Å². The van der Waals surface area contributed by atoms with Gasteiger partial charge in [0.25, 0.3) is 5.91 Å². The van der Waals surface area contributed by atoms with Gasteiger partial charge in [0, 0.05) is 17.2 Å². The van der Waals surface area contributed by atoms with Gasteiger partial charge in [0.1, 0.15) is 0 Å². The van der Waals surface area contributed by atoms with Crippen LogP contribution < -0.4 is 4.90 Å². The van der Waals surface area contributed by atoms with Crippen molar-refractivity contribution in [3.05, 3.63) is 64.7 Å². The molecular weight excluding hydrogens is 314 g/mol. The highest BCUT2D eigenvalue weighted by Gasteiger charge is 2.51. The highest BCUT2D eigenvalue weighted by atomic mass is 16.3. The number of hydrogen-bond acceptors (Lipinski definition) is 3. The van der Waals surface area contributed by atoms with Gasteiger partial charge < -0.3 is 10.0 Å². The quantitative estimate of drug-likeness (QED) is 0.869. The Bertz CT molecular complexity index is 856. The van der Waals surface area contributed by atoms with Crippen LogP contribution in [0, 0.1) is 13.8 Å². The average Bonchev–Trinajstić information content (AvgIpc) is 2.75. The lowest BCUT2D eigenvalue weighted by Gasteiger charge is -2.25. The van der Waals surface area contributed by atoms with E-state index >= 15 is 0 Å². The molecular formula is C21H23NO3. The number of aliphatic hydroxyl groups is 1. The van der Waals surface area contributed by atoms with Crippen LogP contribution in [-0.2, 0) is 10.4 Å². The van der Waals surface area contributed by atoms with E-state index in [2.05, 4.69) is 0 Å². The first-order valence-electron chi connectivity index (χ1n) is 8.51. The molecule has 1 unspecified atom stereocenters. The Morgan fingerprint density at radius 3 is 2.48 bits per heavy atom. The Morgan fingerprint density at radius 2 is 1.84 bits per heavy atom. The van der Waals surface area contributed by atoms with Crippen molar-refractivity contribution in [1.29, 1.82) is 0 Å². The minimum absolute atomic E-state index is 0.0983. The zero-order valence-corrected chi connectivity index (χ0v) is 15.0. The lowest BCUT2D eigenvalue weighted by Crippen LogP contribution is -2.44. The minimum Gasteiger partial charge on any atom is -0.375 e. The second-order valence-corrected chi connectivity index (χ2v) is 7.06. The predicted octanol–water partition coefficient (Wildman–Crippen LogP) is 3.52. The number of carbonyl (C=O) groups excluding carboxylic acids is 2. The third-order valence-electron chi connectivity index (χ3n) is 4.80. The maximum Gasteiger partial charge on any atom is 0.264 e. The summed E-state index contributed by atoms with van der Waals surface area (Å²) in [7, 11) is 0. The maximum atomic E-state index is 13.0. The molecule has 0 aliphatic carbocycles. The van der Waals surface area contributed by atoms with E-state index < -0.39 is 11.5 Å². The van der Waals surface area contributed by atoms with Gasteiger partial charge in [-0.3, -0.25) is 9.59 Å². The molecule has 1 atom stereocenters. The van der Waals surface area contributed by atoms with Crippen LogP contribution in [0.25, 0.3) is 0 Å². The number of rotatable bonds is 4. The second kappa shape index (κ2) is 6.12. The van der Waals surface area contributed by atoms with Gasteiger partial charge in [-0.05, 0) is 39.3 Å². The van der Waals surface area contributed by atoms with Crippen molar-refractivity contribution in [3.8, 4) is 0 Å². The molecule has 2 aromatic carbocycles. The summed E-state index contributed by atoms with van der Waals surface area (Å²) in [5.41, 5.74) is 1.85. The Labute approximate surface area is 148 Å². The van der Waals surface area contributed by atoms with Gasteiger partial charge in [-0.25, -0.2) is 0 Å². The van der Waals surface area contributed by atoms with Crippen LogP contribution in [0.3, 0.4) is 0 Å². The number of hydrogen-bond donors (Lipinski definition) is 1. The Kier molecular flexibility index (Phi) is 4.25. The number of amides is 1. The minimum atomic E-state index is -1.81. The molecule has 1 heterocycles. The van der Waals surface area contributed by atoms with E-state index in [1.807, 2.05) is 52.0 Å². The topological polar surface area (TPSA) is 57.6 Å². The van der Waals surface area contributed by atoms with E-state index in [4.69, 9.17) is 0 Å². The fourth-order valence-electron chi connectivity index (χ4n) is 3.59. The summed E-state index contributed by atoms with van der Waals surface area (Å²) in [6.07, 6.45) is -0.254. The summed E-state index contributed by atoms with van der Waals surface area (Å²) in [5.74, 6) is -0.657. The summed E-state index contributed by atoms with van der Waals surface area (Å²) < 4.78 is 0. The molecule has 1 amide bonds. The fraction of sp³-hybridized carbons (Fsp3) is 0.333. The number of para-hydroxylation sites is 1. The predicted molar refractivity (Wildman–Crippen MR) is 97.8 cm³/mol. The molecule has 25 heavy (non-hydrogen) atoms. The van der Waals surface area contributed by atoms with Crippen molar-refractivity contribution in [2.45, 2.75) is 45.8 Å². The van der Waals surface area contributed by atoms with Crippen LogP contribution in [0.4, 0.5) is 5.69 Å². The fourth-order valence-corrected chi connectivity index (χ4v) is 3.59. The zero-order valence-electron chi connectivity index (χ0n) is 15.0.